The summed E-state index contributed by atoms with van der Waals surface area (Å²) in [6.45, 7) is 6.69. The van der Waals surface area contributed by atoms with Gasteiger partial charge in [-0.1, -0.05) is 24.3 Å². The number of allylic oxidation sites excluding steroid dienone is 1. The van der Waals surface area contributed by atoms with Crippen LogP contribution >= 0.6 is 0 Å². The van der Waals surface area contributed by atoms with E-state index in [1.54, 1.807) is 31.2 Å². The number of aliphatic imine (C=N–C) groups is 1. The second-order valence-electron chi connectivity index (χ2n) is 7.46. The number of nitrogens with one attached hydrogen (secondary N) is 1. The second-order valence-corrected chi connectivity index (χ2v) is 7.46. The SMILES string of the molecule is CC(=N)/C(=C\C(N)=Nc1nc(N2CC(C)OC(C)C2)ncc1F)c1ccc(C=O)cc1. The standard InChI is InChI=1S/C22H25FN6O2/c1-13-10-29(11-14(2)31-13)22-26-9-19(23)21(28-22)27-20(25)8-18(15(3)24)17-6-4-16(12-30)5-7-17/h4-9,12-14,24H,10-11H2,1-3H3,(H2,25,26,27,28)/b18-8+,24-15?. The summed E-state index contributed by atoms with van der Waals surface area (Å²) < 4.78 is 20.0. The fourth-order valence-corrected chi connectivity index (χ4v) is 3.37. The number of carbonyl (C=O) groups excluding carboxylic acids is 1. The van der Waals surface area contributed by atoms with Gasteiger partial charge in [0.15, 0.2) is 11.6 Å². The summed E-state index contributed by atoms with van der Waals surface area (Å²) in [4.78, 5) is 25.2. The Hall–Kier alpha value is -3.46. The van der Waals surface area contributed by atoms with Crippen molar-refractivity contribution in [2.75, 3.05) is 18.0 Å². The minimum Gasteiger partial charge on any atom is -0.384 e. The van der Waals surface area contributed by atoms with Gasteiger partial charge in [-0.15, -0.1) is 0 Å². The number of morpholine rings is 1. The van der Waals surface area contributed by atoms with Crippen LogP contribution in [0.25, 0.3) is 5.57 Å². The van der Waals surface area contributed by atoms with E-state index in [0.29, 0.717) is 35.7 Å². The number of hydrogen-bond acceptors (Lipinski definition) is 7. The van der Waals surface area contributed by atoms with Crippen LogP contribution in [0, 0.1) is 11.2 Å². The van der Waals surface area contributed by atoms with Gasteiger partial charge in [0.1, 0.15) is 12.1 Å². The van der Waals surface area contributed by atoms with Crippen LogP contribution in [0.4, 0.5) is 16.2 Å². The Balaban J connectivity index is 1.91. The molecule has 2 atom stereocenters. The van der Waals surface area contributed by atoms with Crippen LogP contribution in [0.1, 0.15) is 36.7 Å². The van der Waals surface area contributed by atoms with Crippen LogP contribution in [0.5, 0.6) is 0 Å². The maximum absolute atomic E-state index is 14.3. The van der Waals surface area contributed by atoms with Gasteiger partial charge in [-0.2, -0.15) is 4.98 Å². The maximum atomic E-state index is 14.3. The third kappa shape index (κ3) is 5.58. The summed E-state index contributed by atoms with van der Waals surface area (Å²) in [7, 11) is 0. The predicted octanol–water partition coefficient (Wildman–Crippen LogP) is 3.15. The van der Waals surface area contributed by atoms with Crippen molar-refractivity contribution < 1.29 is 13.9 Å². The van der Waals surface area contributed by atoms with E-state index in [1.807, 2.05) is 18.7 Å². The van der Waals surface area contributed by atoms with Gasteiger partial charge in [0.2, 0.25) is 5.95 Å². The lowest BCUT2D eigenvalue weighted by molar-refractivity contribution is -0.00572. The lowest BCUT2D eigenvalue weighted by Gasteiger charge is -2.35. The van der Waals surface area contributed by atoms with Crippen molar-refractivity contribution in [1.82, 2.24) is 9.97 Å². The van der Waals surface area contributed by atoms with Crippen molar-refractivity contribution >= 4 is 35.2 Å². The number of halogens is 1. The fourth-order valence-electron chi connectivity index (χ4n) is 3.37. The molecule has 9 heteroatoms. The van der Waals surface area contributed by atoms with Gasteiger partial charge < -0.3 is 20.8 Å². The highest BCUT2D eigenvalue weighted by molar-refractivity contribution is 6.25. The molecule has 0 spiro atoms. The summed E-state index contributed by atoms with van der Waals surface area (Å²) in [5, 5.41) is 8.04. The molecule has 8 nitrogen and oxygen atoms in total. The number of hydrogen-bond donors (Lipinski definition) is 2. The number of nitrogens with zero attached hydrogens (tertiary/aromatic N) is 4. The molecule has 2 unspecified atom stereocenters. The van der Waals surface area contributed by atoms with Crippen molar-refractivity contribution in [2.45, 2.75) is 33.0 Å². The molecule has 1 fully saturated rings. The van der Waals surface area contributed by atoms with Gasteiger partial charge in [0.05, 0.1) is 18.4 Å². The largest absolute Gasteiger partial charge is 0.384 e. The van der Waals surface area contributed by atoms with Crippen molar-refractivity contribution in [3.63, 3.8) is 0 Å². The third-order valence-corrected chi connectivity index (χ3v) is 4.70. The molecule has 1 aliphatic rings. The van der Waals surface area contributed by atoms with Gasteiger partial charge in [-0.3, -0.25) is 4.79 Å². The molecule has 31 heavy (non-hydrogen) atoms. The first-order chi connectivity index (χ1) is 14.8. The molecule has 1 aromatic heterocycles. The minimum atomic E-state index is -0.696. The van der Waals surface area contributed by atoms with Gasteiger partial charge in [-0.25, -0.2) is 14.4 Å². The molecule has 2 aromatic rings. The number of amidine groups is 1. The number of aldehydes is 1. The Morgan fingerprint density at radius 1 is 1.29 bits per heavy atom. The van der Waals surface area contributed by atoms with E-state index in [4.69, 9.17) is 15.9 Å². The van der Waals surface area contributed by atoms with Crippen LogP contribution in [-0.2, 0) is 4.74 Å². The highest BCUT2D eigenvalue weighted by Crippen LogP contribution is 2.22. The highest BCUT2D eigenvalue weighted by Gasteiger charge is 2.24. The number of carbonyl (C=O) groups is 1. The molecule has 0 saturated carbocycles. The molecule has 2 heterocycles. The Morgan fingerprint density at radius 2 is 1.94 bits per heavy atom. The van der Waals surface area contributed by atoms with E-state index in [2.05, 4.69) is 15.0 Å². The minimum absolute atomic E-state index is 0.00100. The average Bonchev–Trinajstić information content (AvgIpc) is 2.73. The molecule has 1 aromatic carbocycles. The zero-order valence-electron chi connectivity index (χ0n) is 17.7. The smallest absolute Gasteiger partial charge is 0.227 e. The summed E-state index contributed by atoms with van der Waals surface area (Å²) in [5.74, 6) is -0.526. The van der Waals surface area contributed by atoms with Crippen LogP contribution in [-0.4, -0.2) is 53.1 Å². The first-order valence-electron chi connectivity index (χ1n) is 9.86. The number of nitrogens with two attached hydrogens (primary N) is 1. The Bertz CT molecular complexity index is 1020. The molecule has 3 N–H and O–H groups in total. The maximum Gasteiger partial charge on any atom is 0.227 e. The topological polar surface area (TPSA) is 118 Å². The monoisotopic (exact) mass is 424 g/mol. The van der Waals surface area contributed by atoms with Gasteiger partial charge in [0, 0.05) is 29.9 Å². The molecular formula is C22H25FN6O2. The van der Waals surface area contributed by atoms with Crippen LogP contribution < -0.4 is 10.6 Å². The highest BCUT2D eigenvalue weighted by atomic mass is 19.1. The zero-order chi connectivity index (χ0) is 22.5. The first-order valence-corrected chi connectivity index (χ1v) is 9.86. The van der Waals surface area contributed by atoms with Crippen molar-refractivity contribution in [3.8, 4) is 0 Å². The van der Waals surface area contributed by atoms with Crippen LogP contribution in [0.2, 0.25) is 0 Å². The van der Waals surface area contributed by atoms with E-state index in [0.717, 1.165) is 12.5 Å². The molecule has 162 valence electrons. The Labute approximate surface area is 180 Å². The Kier molecular flexibility index (Phi) is 6.86. The third-order valence-electron chi connectivity index (χ3n) is 4.70. The predicted molar refractivity (Wildman–Crippen MR) is 119 cm³/mol. The molecule has 1 aliphatic heterocycles. The normalized spacial score (nSPS) is 19.9. The molecule has 0 radical (unpaired) electrons. The number of benzene rings is 1. The molecule has 0 aliphatic carbocycles. The number of aromatic nitrogens is 2. The van der Waals surface area contributed by atoms with E-state index >= 15 is 0 Å². The van der Waals surface area contributed by atoms with Crippen molar-refractivity contribution in [2.24, 2.45) is 10.7 Å². The molecular weight excluding hydrogens is 399 g/mol. The Morgan fingerprint density at radius 3 is 2.52 bits per heavy atom. The van der Waals surface area contributed by atoms with E-state index < -0.39 is 5.82 Å². The average molecular weight is 424 g/mol. The lowest BCUT2D eigenvalue weighted by atomic mass is 10.0. The summed E-state index contributed by atoms with van der Waals surface area (Å²) in [5.41, 5.74) is 8.00. The van der Waals surface area contributed by atoms with Crippen LogP contribution in [0.15, 0.2) is 41.5 Å². The summed E-state index contributed by atoms with van der Waals surface area (Å²) >= 11 is 0. The number of ether oxygens (including phenoxy) is 1. The van der Waals surface area contributed by atoms with Gasteiger partial charge in [0.25, 0.3) is 0 Å². The lowest BCUT2D eigenvalue weighted by Crippen LogP contribution is -2.46. The molecule has 0 bridgehead atoms. The van der Waals surface area contributed by atoms with E-state index in [9.17, 15) is 9.18 Å². The number of rotatable bonds is 6. The second kappa shape index (κ2) is 9.57. The van der Waals surface area contributed by atoms with Crippen molar-refractivity contribution in [3.05, 3.63) is 53.5 Å². The quantitative estimate of drug-likeness (QED) is 0.418. The molecule has 1 saturated heterocycles. The number of anilines is 1. The van der Waals surface area contributed by atoms with Crippen molar-refractivity contribution in [1.29, 1.82) is 5.41 Å². The van der Waals surface area contributed by atoms with E-state index in [1.165, 1.54) is 6.08 Å². The van der Waals surface area contributed by atoms with Gasteiger partial charge in [-0.05, 0) is 32.4 Å². The van der Waals surface area contributed by atoms with Gasteiger partial charge >= 0.3 is 0 Å². The molecule has 0 amide bonds. The summed E-state index contributed by atoms with van der Waals surface area (Å²) in [6, 6.07) is 6.72. The zero-order valence-corrected chi connectivity index (χ0v) is 17.7. The van der Waals surface area contributed by atoms with E-state index in [-0.39, 0.29) is 29.6 Å². The van der Waals surface area contributed by atoms with Crippen LogP contribution in [0.3, 0.4) is 0 Å². The first kappa shape index (κ1) is 22.2. The summed E-state index contributed by atoms with van der Waals surface area (Å²) in [6.07, 6.45) is 3.30. The fraction of sp³-hybridized carbons (Fsp3) is 0.318. The molecule has 3 rings (SSSR count).